The van der Waals surface area contributed by atoms with E-state index >= 15 is 0 Å². The maximum atomic E-state index is 2.73. The van der Waals surface area contributed by atoms with Gasteiger partial charge in [0.15, 0.2) is 0 Å². The summed E-state index contributed by atoms with van der Waals surface area (Å²) in [6.07, 6.45) is 43.9. The van der Waals surface area contributed by atoms with Crippen molar-refractivity contribution in [2.24, 2.45) is 0 Å². The van der Waals surface area contributed by atoms with Crippen LogP contribution in [0.1, 0.15) is 162 Å². The second-order valence-corrected chi connectivity index (χ2v) is 10.6. The first-order chi connectivity index (χ1) is 17.3. The first kappa shape index (κ1) is 34.2. The highest BCUT2D eigenvalue weighted by atomic mass is 15.1. The summed E-state index contributed by atoms with van der Waals surface area (Å²) in [5.41, 5.74) is 0. The molecule has 0 aliphatic heterocycles. The van der Waals surface area contributed by atoms with Gasteiger partial charge in [0.2, 0.25) is 0 Å². The molecule has 0 aromatic carbocycles. The van der Waals surface area contributed by atoms with Crippen molar-refractivity contribution in [1.29, 1.82) is 0 Å². The number of hydrogen-bond acceptors (Lipinski definition) is 1. The molecule has 0 saturated heterocycles. The summed E-state index contributed by atoms with van der Waals surface area (Å²) in [6, 6.07) is 0. The number of allylic oxidation sites excluding steroid dienone is 6. The van der Waals surface area contributed by atoms with Gasteiger partial charge in [-0.15, -0.1) is 0 Å². The van der Waals surface area contributed by atoms with Gasteiger partial charge in [0, 0.05) is 0 Å². The fourth-order valence-electron chi connectivity index (χ4n) is 4.69. The van der Waals surface area contributed by atoms with Gasteiger partial charge < -0.3 is 4.90 Å². The van der Waals surface area contributed by atoms with E-state index in [1.807, 2.05) is 0 Å². The van der Waals surface area contributed by atoms with E-state index in [1.165, 1.54) is 161 Å². The molecular formula is C34H65N. The fourth-order valence-corrected chi connectivity index (χ4v) is 4.69. The molecule has 206 valence electrons. The van der Waals surface area contributed by atoms with E-state index in [0.29, 0.717) is 0 Å². The normalized spacial score (nSPS) is 12.3. The molecule has 1 heteroatoms. The van der Waals surface area contributed by atoms with Crippen molar-refractivity contribution in [2.75, 3.05) is 19.6 Å². The van der Waals surface area contributed by atoms with Crippen molar-refractivity contribution in [1.82, 2.24) is 4.90 Å². The van der Waals surface area contributed by atoms with E-state index in [-0.39, 0.29) is 0 Å². The summed E-state index contributed by atoms with van der Waals surface area (Å²) >= 11 is 0. The Labute approximate surface area is 222 Å². The number of unbranched alkanes of at least 4 members (excludes halogenated alkanes) is 17. The van der Waals surface area contributed by atoms with Gasteiger partial charge in [-0.3, -0.25) is 0 Å². The molecule has 1 nitrogen and oxygen atoms in total. The monoisotopic (exact) mass is 488 g/mol. The van der Waals surface area contributed by atoms with Crippen LogP contribution in [0.5, 0.6) is 0 Å². The minimum Gasteiger partial charge on any atom is -0.303 e. The van der Waals surface area contributed by atoms with Crippen LogP contribution in [0.3, 0.4) is 0 Å². The highest BCUT2D eigenvalue weighted by Gasteiger charge is 2.03. The molecule has 35 heavy (non-hydrogen) atoms. The van der Waals surface area contributed by atoms with Crippen LogP contribution in [0.25, 0.3) is 0 Å². The van der Waals surface area contributed by atoms with Crippen molar-refractivity contribution in [3.63, 3.8) is 0 Å². The third-order valence-electron chi connectivity index (χ3n) is 6.98. The fraction of sp³-hybridized carbons (Fsp3) is 0.824. The Morgan fingerprint density at radius 3 is 1.20 bits per heavy atom. The van der Waals surface area contributed by atoms with Crippen LogP contribution in [0.4, 0.5) is 0 Å². The molecule has 0 amide bonds. The van der Waals surface area contributed by atoms with E-state index in [4.69, 9.17) is 0 Å². The molecule has 0 rings (SSSR count). The average molecular weight is 488 g/mol. The lowest BCUT2D eigenvalue weighted by Gasteiger charge is -2.21. The summed E-state index contributed by atoms with van der Waals surface area (Å²) in [6.45, 7) is 10.8. The van der Waals surface area contributed by atoms with Crippen LogP contribution in [-0.4, -0.2) is 24.5 Å². The second-order valence-electron chi connectivity index (χ2n) is 10.6. The zero-order valence-corrected chi connectivity index (χ0v) is 24.6. The smallest absolute Gasteiger partial charge is 0.00187 e. The topological polar surface area (TPSA) is 3.24 Å². The SMILES string of the molecule is CCCCC/C=C/C=C/CCCCCCCN(CCC)CCCCCCC/C=C/CCCCCC. The van der Waals surface area contributed by atoms with Gasteiger partial charge in [0.1, 0.15) is 0 Å². The van der Waals surface area contributed by atoms with Crippen LogP contribution in [-0.2, 0) is 0 Å². The number of hydrogen-bond donors (Lipinski definition) is 0. The minimum atomic E-state index is 1.24. The quantitative estimate of drug-likeness (QED) is 0.0602. The first-order valence-corrected chi connectivity index (χ1v) is 16.0. The summed E-state index contributed by atoms with van der Waals surface area (Å²) in [5.74, 6) is 0. The molecule has 0 saturated carbocycles. The third-order valence-corrected chi connectivity index (χ3v) is 6.98. The predicted octanol–water partition coefficient (Wildman–Crippen LogP) is 11.6. The molecule has 0 aromatic rings. The highest BCUT2D eigenvalue weighted by Crippen LogP contribution is 2.11. The zero-order chi connectivity index (χ0) is 25.5. The van der Waals surface area contributed by atoms with Crippen LogP contribution >= 0.6 is 0 Å². The first-order valence-electron chi connectivity index (χ1n) is 16.0. The van der Waals surface area contributed by atoms with E-state index in [2.05, 4.69) is 62.1 Å². The second kappa shape index (κ2) is 31.2. The maximum Gasteiger partial charge on any atom is -0.00187 e. The van der Waals surface area contributed by atoms with Crippen molar-refractivity contribution in [2.45, 2.75) is 162 Å². The predicted molar refractivity (Wildman–Crippen MR) is 162 cm³/mol. The van der Waals surface area contributed by atoms with Crippen LogP contribution in [0, 0.1) is 0 Å². The van der Waals surface area contributed by atoms with E-state index < -0.39 is 0 Å². The molecule has 0 aliphatic rings. The Hall–Kier alpha value is -0.820. The Balaban J connectivity index is 3.52. The van der Waals surface area contributed by atoms with Gasteiger partial charge in [-0.2, -0.15) is 0 Å². The molecule has 0 spiro atoms. The lowest BCUT2D eigenvalue weighted by molar-refractivity contribution is 0.260. The third kappa shape index (κ3) is 29.3. The number of rotatable bonds is 28. The summed E-state index contributed by atoms with van der Waals surface area (Å²) < 4.78 is 0. The average Bonchev–Trinajstić information content (AvgIpc) is 2.87. The van der Waals surface area contributed by atoms with Crippen molar-refractivity contribution < 1.29 is 0 Å². The van der Waals surface area contributed by atoms with Gasteiger partial charge in [-0.05, 0) is 90.3 Å². The van der Waals surface area contributed by atoms with Gasteiger partial charge >= 0.3 is 0 Å². The molecule has 0 atom stereocenters. The zero-order valence-electron chi connectivity index (χ0n) is 24.6. The van der Waals surface area contributed by atoms with Crippen LogP contribution in [0.15, 0.2) is 36.5 Å². The Morgan fingerprint density at radius 2 is 0.714 bits per heavy atom. The van der Waals surface area contributed by atoms with Crippen molar-refractivity contribution in [3.8, 4) is 0 Å². The highest BCUT2D eigenvalue weighted by molar-refractivity contribution is 5.02. The van der Waals surface area contributed by atoms with Gasteiger partial charge in [0.05, 0.1) is 0 Å². The van der Waals surface area contributed by atoms with Gasteiger partial charge in [0.25, 0.3) is 0 Å². The molecule has 0 heterocycles. The van der Waals surface area contributed by atoms with Gasteiger partial charge in [-0.25, -0.2) is 0 Å². The molecule has 0 fully saturated rings. The summed E-state index contributed by atoms with van der Waals surface area (Å²) in [5, 5.41) is 0. The largest absolute Gasteiger partial charge is 0.303 e. The van der Waals surface area contributed by atoms with Crippen molar-refractivity contribution in [3.05, 3.63) is 36.5 Å². The van der Waals surface area contributed by atoms with E-state index in [0.717, 1.165) is 0 Å². The molecule has 0 aliphatic carbocycles. The molecule has 0 radical (unpaired) electrons. The standard InChI is InChI=1S/C34H65N/c1-4-7-9-11-13-15-17-19-21-23-25-27-29-31-34-35(32-6-3)33-30-28-26-24-22-20-18-16-14-12-10-8-5-2/h13,15-19H,4-12,14,20-34H2,1-3H3/b15-13+,18-16+,19-17+. The molecule has 0 bridgehead atoms. The number of nitrogens with zero attached hydrogens (tertiary/aromatic N) is 1. The van der Waals surface area contributed by atoms with E-state index in [9.17, 15) is 0 Å². The van der Waals surface area contributed by atoms with E-state index in [1.54, 1.807) is 0 Å². The minimum absolute atomic E-state index is 1.24. The van der Waals surface area contributed by atoms with Gasteiger partial charge in [-0.1, -0.05) is 128 Å². The summed E-state index contributed by atoms with van der Waals surface area (Å²) in [4.78, 5) is 2.73. The Morgan fingerprint density at radius 1 is 0.343 bits per heavy atom. The van der Waals surface area contributed by atoms with Crippen LogP contribution in [0.2, 0.25) is 0 Å². The Kier molecular flexibility index (Phi) is 30.5. The van der Waals surface area contributed by atoms with Crippen molar-refractivity contribution >= 4 is 0 Å². The maximum absolute atomic E-state index is 2.73. The summed E-state index contributed by atoms with van der Waals surface area (Å²) in [7, 11) is 0. The molecule has 0 N–H and O–H groups in total. The molecular weight excluding hydrogens is 422 g/mol. The molecule has 0 aromatic heterocycles. The lowest BCUT2D eigenvalue weighted by atomic mass is 10.1. The lowest BCUT2D eigenvalue weighted by Crippen LogP contribution is -2.27. The van der Waals surface area contributed by atoms with Crippen LogP contribution < -0.4 is 0 Å². The Bertz CT molecular complexity index is 461. The molecule has 0 unspecified atom stereocenters.